The van der Waals surface area contributed by atoms with Gasteiger partial charge in [0.15, 0.2) is 11.6 Å². The summed E-state index contributed by atoms with van der Waals surface area (Å²) in [6.07, 6.45) is 9.20. The molecule has 3 fully saturated rings. The number of halogens is 1. The second-order valence-corrected chi connectivity index (χ2v) is 14.2. The summed E-state index contributed by atoms with van der Waals surface area (Å²) in [6.45, 7) is 12.2. The zero-order valence-electron chi connectivity index (χ0n) is 26.9. The third-order valence-electron chi connectivity index (χ3n) is 9.12. The van der Waals surface area contributed by atoms with Crippen LogP contribution in [0.3, 0.4) is 0 Å². The summed E-state index contributed by atoms with van der Waals surface area (Å²) in [6, 6.07) is 4.65. The van der Waals surface area contributed by atoms with Crippen molar-refractivity contribution < 1.29 is 23.5 Å². The molecule has 5 rings (SSSR count). The maximum Gasteiger partial charge on any atom is 0.407 e. The van der Waals surface area contributed by atoms with Gasteiger partial charge in [0.05, 0.1) is 11.8 Å². The molecular formula is C33H47FN6O4. The summed E-state index contributed by atoms with van der Waals surface area (Å²) in [5.74, 6) is 1.22. The van der Waals surface area contributed by atoms with Crippen LogP contribution in [0.2, 0.25) is 0 Å². The van der Waals surface area contributed by atoms with Crippen LogP contribution in [0.25, 0.3) is 0 Å². The lowest BCUT2D eigenvalue weighted by atomic mass is 9.60. The molecule has 2 aliphatic carbocycles. The molecule has 0 radical (unpaired) electrons. The molecule has 0 bridgehead atoms. The second kappa shape index (κ2) is 12.9. The van der Waals surface area contributed by atoms with Crippen molar-refractivity contribution in [3.05, 3.63) is 42.1 Å². The minimum atomic E-state index is -0.497. The number of anilines is 1. The maximum absolute atomic E-state index is 14.1. The Morgan fingerprint density at radius 3 is 2.48 bits per heavy atom. The SMILES string of the molecule is CC(C)N(C)C(=O)c1cc(F)ccc1Oc1cncnc1N1CC2(CC(NC[C@H]3CC[C@H](NC(=O)OC(C)(C)C)CC3)C2)C1. The van der Waals surface area contributed by atoms with E-state index in [0.29, 0.717) is 23.5 Å². The molecule has 1 aromatic heterocycles. The van der Waals surface area contributed by atoms with E-state index in [2.05, 4.69) is 25.5 Å². The van der Waals surface area contributed by atoms with E-state index < -0.39 is 11.4 Å². The zero-order valence-corrected chi connectivity index (χ0v) is 26.9. The van der Waals surface area contributed by atoms with Gasteiger partial charge in [0.1, 0.15) is 23.5 Å². The first-order valence-electron chi connectivity index (χ1n) is 15.8. The van der Waals surface area contributed by atoms with Gasteiger partial charge >= 0.3 is 6.09 Å². The Hall–Kier alpha value is -3.47. The number of nitrogens with zero attached hydrogens (tertiary/aromatic N) is 4. The van der Waals surface area contributed by atoms with E-state index in [-0.39, 0.29) is 40.8 Å². The zero-order chi connectivity index (χ0) is 31.6. The second-order valence-electron chi connectivity index (χ2n) is 14.2. The predicted molar refractivity (Wildman–Crippen MR) is 167 cm³/mol. The van der Waals surface area contributed by atoms with Crippen molar-refractivity contribution in [2.45, 2.75) is 96.9 Å². The van der Waals surface area contributed by atoms with Gasteiger partial charge in [-0.05, 0) is 104 Å². The lowest BCUT2D eigenvalue weighted by molar-refractivity contribution is 0.0434. The Bertz CT molecular complexity index is 1330. The molecule has 1 aromatic carbocycles. The van der Waals surface area contributed by atoms with Crippen molar-refractivity contribution in [2.75, 3.05) is 31.6 Å². The molecular weight excluding hydrogens is 563 g/mol. The number of carbonyl (C=O) groups excluding carboxylic acids is 2. The quantitative estimate of drug-likeness (QED) is 0.382. The summed E-state index contributed by atoms with van der Waals surface area (Å²) >= 11 is 0. The molecule has 10 nitrogen and oxygen atoms in total. The first-order valence-corrected chi connectivity index (χ1v) is 15.8. The van der Waals surface area contributed by atoms with E-state index in [4.69, 9.17) is 9.47 Å². The number of amides is 2. The normalized spacial score (nSPS) is 21.4. The van der Waals surface area contributed by atoms with E-state index >= 15 is 0 Å². The third kappa shape index (κ3) is 7.60. The van der Waals surface area contributed by atoms with Crippen LogP contribution in [0.5, 0.6) is 11.5 Å². The minimum absolute atomic E-state index is 0.0459. The summed E-state index contributed by atoms with van der Waals surface area (Å²) in [7, 11) is 1.69. The summed E-state index contributed by atoms with van der Waals surface area (Å²) in [5.41, 5.74) is -0.0450. The Labute approximate surface area is 260 Å². The smallest absolute Gasteiger partial charge is 0.407 e. The summed E-state index contributed by atoms with van der Waals surface area (Å²) in [4.78, 5) is 37.5. The molecule has 2 N–H and O–H groups in total. The van der Waals surface area contributed by atoms with Crippen LogP contribution in [0.4, 0.5) is 15.0 Å². The van der Waals surface area contributed by atoms with Crippen LogP contribution in [0, 0.1) is 17.2 Å². The van der Waals surface area contributed by atoms with Gasteiger partial charge in [0, 0.05) is 43.7 Å². The highest BCUT2D eigenvalue weighted by atomic mass is 19.1. The number of benzene rings is 1. The fourth-order valence-corrected chi connectivity index (χ4v) is 6.54. The first kappa shape index (κ1) is 31.9. The Balaban J connectivity index is 1.08. The van der Waals surface area contributed by atoms with Crippen molar-refractivity contribution >= 4 is 17.8 Å². The lowest BCUT2D eigenvalue weighted by Gasteiger charge is -2.59. The third-order valence-corrected chi connectivity index (χ3v) is 9.12. The van der Waals surface area contributed by atoms with Crippen molar-refractivity contribution in [3.63, 3.8) is 0 Å². The van der Waals surface area contributed by atoms with Crippen LogP contribution < -0.4 is 20.3 Å². The molecule has 1 spiro atoms. The number of rotatable bonds is 9. The fourth-order valence-electron chi connectivity index (χ4n) is 6.54. The van der Waals surface area contributed by atoms with Gasteiger partial charge in [-0.3, -0.25) is 4.79 Å². The van der Waals surface area contributed by atoms with E-state index in [1.54, 1.807) is 18.1 Å². The van der Waals surface area contributed by atoms with Crippen LogP contribution in [-0.2, 0) is 4.74 Å². The molecule has 44 heavy (non-hydrogen) atoms. The minimum Gasteiger partial charge on any atom is -0.451 e. The van der Waals surface area contributed by atoms with Gasteiger partial charge in [0.2, 0.25) is 0 Å². The van der Waals surface area contributed by atoms with Crippen molar-refractivity contribution in [2.24, 2.45) is 11.3 Å². The van der Waals surface area contributed by atoms with Gasteiger partial charge in [-0.15, -0.1) is 0 Å². The number of alkyl carbamates (subject to hydrolysis) is 1. The van der Waals surface area contributed by atoms with Crippen LogP contribution in [0.15, 0.2) is 30.7 Å². The summed E-state index contributed by atoms with van der Waals surface area (Å²) < 4.78 is 25.7. The number of hydrogen-bond acceptors (Lipinski definition) is 8. The Morgan fingerprint density at radius 2 is 1.82 bits per heavy atom. The highest BCUT2D eigenvalue weighted by Crippen LogP contribution is 2.51. The van der Waals surface area contributed by atoms with Gasteiger partial charge in [-0.2, -0.15) is 0 Å². The molecule has 1 aliphatic heterocycles. The largest absolute Gasteiger partial charge is 0.451 e. The van der Waals surface area contributed by atoms with Gasteiger partial charge in [-0.25, -0.2) is 19.2 Å². The number of hydrogen-bond donors (Lipinski definition) is 2. The van der Waals surface area contributed by atoms with E-state index in [1.165, 1.54) is 24.5 Å². The molecule has 240 valence electrons. The van der Waals surface area contributed by atoms with Crippen LogP contribution >= 0.6 is 0 Å². The highest BCUT2D eigenvalue weighted by Gasteiger charge is 2.53. The molecule has 2 aromatic rings. The van der Waals surface area contributed by atoms with Crippen molar-refractivity contribution in [1.82, 2.24) is 25.5 Å². The lowest BCUT2D eigenvalue weighted by Crippen LogP contribution is -2.66. The molecule has 0 atom stereocenters. The Morgan fingerprint density at radius 1 is 1.11 bits per heavy atom. The number of carbonyl (C=O) groups is 2. The molecule has 2 heterocycles. The van der Waals surface area contributed by atoms with E-state index in [9.17, 15) is 14.0 Å². The average molecular weight is 611 g/mol. The number of nitrogens with one attached hydrogen (secondary N) is 2. The predicted octanol–water partition coefficient (Wildman–Crippen LogP) is 5.53. The van der Waals surface area contributed by atoms with Gasteiger partial charge in [0.25, 0.3) is 5.91 Å². The fraction of sp³-hybridized carbons (Fsp3) is 0.636. The molecule has 11 heteroatoms. The summed E-state index contributed by atoms with van der Waals surface area (Å²) in [5, 5.41) is 6.81. The van der Waals surface area contributed by atoms with E-state index in [0.717, 1.165) is 58.2 Å². The topological polar surface area (TPSA) is 109 Å². The van der Waals surface area contributed by atoms with Gasteiger partial charge < -0.3 is 29.9 Å². The number of ether oxygens (including phenoxy) is 2. The molecule has 2 saturated carbocycles. The molecule has 3 aliphatic rings. The van der Waals surface area contributed by atoms with Crippen molar-refractivity contribution in [1.29, 1.82) is 0 Å². The highest BCUT2D eigenvalue weighted by molar-refractivity contribution is 5.97. The Kier molecular flexibility index (Phi) is 9.34. The van der Waals surface area contributed by atoms with Crippen LogP contribution in [-0.4, -0.2) is 77.3 Å². The maximum atomic E-state index is 14.1. The molecule has 2 amide bonds. The van der Waals surface area contributed by atoms with Crippen LogP contribution in [0.1, 0.15) is 83.5 Å². The molecule has 0 unspecified atom stereocenters. The average Bonchev–Trinajstić information content (AvgIpc) is 2.92. The van der Waals surface area contributed by atoms with Gasteiger partial charge in [-0.1, -0.05) is 0 Å². The molecule has 1 saturated heterocycles. The number of aromatic nitrogens is 2. The first-order chi connectivity index (χ1) is 20.8. The van der Waals surface area contributed by atoms with Crippen molar-refractivity contribution in [3.8, 4) is 11.5 Å². The standard InChI is InChI=1S/C33H47FN6O4/c1-21(2)39(6)30(41)26-13-23(34)9-12-27(26)43-28-17-35-20-37-29(28)40-18-33(19-40)14-25(15-33)36-16-22-7-10-24(11-8-22)38-31(42)44-32(3,4)5/h9,12-13,17,20-22,24-25,36H,7-8,10-11,14-16,18-19H2,1-6H3,(H,38,42)/t22-,24-. The monoisotopic (exact) mass is 610 g/mol. The van der Waals surface area contributed by atoms with E-state index in [1.807, 2.05) is 34.6 Å².